The summed E-state index contributed by atoms with van der Waals surface area (Å²) in [6.45, 7) is 0. The van der Waals surface area contributed by atoms with Crippen LogP contribution in [0.4, 0.5) is 0 Å². The van der Waals surface area contributed by atoms with Crippen molar-refractivity contribution in [3.05, 3.63) is 76.2 Å². The minimum atomic E-state index is -0.865. The van der Waals surface area contributed by atoms with Crippen molar-refractivity contribution >= 4 is 11.9 Å². The Morgan fingerprint density at radius 1 is 0.852 bits per heavy atom. The second-order valence-electron chi connectivity index (χ2n) is 5.68. The van der Waals surface area contributed by atoms with Crippen molar-refractivity contribution in [3.8, 4) is 34.3 Å². The molecule has 0 saturated heterocycles. The fraction of sp³-hybridized carbons (Fsp3) is 0. The molecular formula is C20H14O7. The van der Waals surface area contributed by atoms with Gasteiger partial charge in [-0.15, -0.1) is 0 Å². The van der Waals surface area contributed by atoms with Crippen molar-refractivity contribution in [3.63, 3.8) is 0 Å². The molecule has 0 bridgehead atoms. The van der Waals surface area contributed by atoms with E-state index in [1.807, 2.05) is 0 Å². The van der Waals surface area contributed by atoms with Crippen LogP contribution in [0.15, 0.2) is 63.8 Å². The maximum atomic E-state index is 12.6. The van der Waals surface area contributed by atoms with Crippen LogP contribution in [0.1, 0.15) is 15.9 Å². The summed E-state index contributed by atoms with van der Waals surface area (Å²) in [6.07, 6.45) is 2.68. The van der Waals surface area contributed by atoms with Crippen LogP contribution in [0, 0.1) is 0 Å². The molecule has 7 heteroatoms. The van der Waals surface area contributed by atoms with Crippen molar-refractivity contribution in [1.29, 1.82) is 0 Å². The van der Waals surface area contributed by atoms with E-state index >= 15 is 0 Å². The molecule has 0 fully saturated rings. The normalized spacial score (nSPS) is 11.0. The number of rotatable bonds is 4. The fourth-order valence-corrected chi connectivity index (χ4v) is 2.50. The van der Waals surface area contributed by atoms with Crippen molar-refractivity contribution in [1.82, 2.24) is 0 Å². The summed E-state index contributed by atoms with van der Waals surface area (Å²) in [5.41, 5.74) is -0.496. The highest BCUT2D eigenvalue weighted by molar-refractivity contribution is 6.11. The fourth-order valence-electron chi connectivity index (χ4n) is 2.50. The third kappa shape index (κ3) is 3.98. The summed E-state index contributed by atoms with van der Waals surface area (Å²) in [4.78, 5) is 24.1. The van der Waals surface area contributed by atoms with E-state index in [0.29, 0.717) is 5.56 Å². The number of benzene rings is 2. The van der Waals surface area contributed by atoms with Gasteiger partial charge in [0, 0.05) is 17.7 Å². The maximum absolute atomic E-state index is 12.6. The van der Waals surface area contributed by atoms with Gasteiger partial charge < -0.3 is 24.8 Å². The molecule has 2 aromatic carbocycles. The Hall–Kier alpha value is -4.00. The molecule has 1 heterocycles. The number of carbonyl (C=O) groups excluding carboxylic acids is 1. The van der Waals surface area contributed by atoms with Crippen molar-refractivity contribution in [2.24, 2.45) is 0 Å². The molecule has 27 heavy (non-hydrogen) atoms. The zero-order valence-corrected chi connectivity index (χ0v) is 13.8. The average molecular weight is 366 g/mol. The second-order valence-corrected chi connectivity index (χ2v) is 5.68. The number of phenolic OH excluding ortho intramolecular Hbond substituents is 3. The summed E-state index contributed by atoms with van der Waals surface area (Å²) in [5, 5.41) is 38.8. The summed E-state index contributed by atoms with van der Waals surface area (Å²) in [7, 11) is 0. The third-order valence-corrected chi connectivity index (χ3v) is 3.69. The Bertz CT molecular complexity index is 1090. The molecule has 0 spiro atoms. The molecule has 0 aliphatic heterocycles. The van der Waals surface area contributed by atoms with Gasteiger partial charge in [0.1, 0.15) is 28.8 Å². The predicted molar refractivity (Wildman–Crippen MR) is 96.9 cm³/mol. The number of hydrogen-bond donors (Lipinski definition) is 4. The molecule has 136 valence electrons. The van der Waals surface area contributed by atoms with Crippen LogP contribution in [0.2, 0.25) is 0 Å². The van der Waals surface area contributed by atoms with Gasteiger partial charge in [-0.1, -0.05) is 18.2 Å². The second kappa shape index (κ2) is 7.09. The van der Waals surface area contributed by atoms with E-state index in [9.17, 15) is 30.0 Å². The molecule has 7 nitrogen and oxygen atoms in total. The highest BCUT2D eigenvalue weighted by Crippen LogP contribution is 2.37. The van der Waals surface area contributed by atoms with Gasteiger partial charge in [-0.2, -0.15) is 0 Å². The van der Waals surface area contributed by atoms with Crippen LogP contribution in [0.3, 0.4) is 0 Å². The van der Waals surface area contributed by atoms with Gasteiger partial charge in [0.05, 0.1) is 11.6 Å². The zero-order chi connectivity index (χ0) is 19.6. The molecule has 3 aromatic rings. The Labute approximate surface area is 152 Å². The quantitative estimate of drug-likeness (QED) is 0.413. The van der Waals surface area contributed by atoms with E-state index < -0.39 is 22.9 Å². The predicted octanol–water partition coefficient (Wildman–Crippen LogP) is 3.03. The number of hydrogen-bond acceptors (Lipinski definition) is 7. The van der Waals surface area contributed by atoms with Gasteiger partial charge in [0.2, 0.25) is 0 Å². The van der Waals surface area contributed by atoms with Crippen LogP contribution in [-0.4, -0.2) is 26.2 Å². The van der Waals surface area contributed by atoms with E-state index in [0.717, 1.165) is 24.3 Å². The molecule has 0 saturated carbocycles. The lowest BCUT2D eigenvalue weighted by Gasteiger charge is -2.09. The van der Waals surface area contributed by atoms with E-state index in [4.69, 9.17) is 4.42 Å². The minimum Gasteiger partial charge on any atom is -0.508 e. The van der Waals surface area contributed by atoms with Crippen LogP contribution < -0.4 is 5.63 Å². The Kier molecular flexibility index (Phi) is 4.68. The Balaban J connectivity index is 2.07. The van der Waals surface area contributed by atoms with E-state index in [1.54, 1.807) is 12.1 Å². The maximum Gasteiger partial charge on any atom is 0.339 e. The van der Waals surface area contributed by atoms with Gasteiger partial charge in [-0.3, -0.25) is 4.79 Å². The standard InChI is InChI=1S/C20H14O7/c21-12-4-1-11(2-5-12)3-6-16(24)15-7-13(22)8-17(25)20(15)18-9-14(23)10-19(26)27-18/h1-10,21-23,25H/b6-3+. The van der Waals surface area contributed by atoms with Gasteiger partial charge in [-0.25, -0.2) is 4.79 Å². The number of ketones is 1. The molecule has 0 atom stereocenters. The first-order chi connectivity index (χ1) is 12.8. The van der Waals surface area contributed by atoms with Gasteiger partial charge in [0.25, 0.3) is 0 Å². The summed E-state index contributed by atoms with van der Waals surface area (Å²) < 4.78 is 4.97. The monoisotopic (exact) mass is 366 g/mol. The molecule has 0 aliphatic carbocycles. The van der Waals surface area contributed by atoms with Crippen LogP contribution in [0.25, 0.3) is 17.4 Å². The molecule has 0 radical (unpaired) electrons. The lowest BCUT2D eigenvalue weighted by atomic mass is 9.98. The van der Waals surface area contributed by atoms with Crippen molar-refractivity contribution in [2.45, 2.75) is 0 Å². The molecule has 0 amide bonds. The number of carbonyl (C=O) groups is 1. The lowest BCUT2D eigenvalue weighted by Crippen LogP contribution is -2.02. The van der Waals surface area contributed by atoms with Crippen LogP contribution in [-0.2, 0) is 0 Å². The minimum absolute atomic E-state index is 0.0811. The highest BCUT2D eigenvalue weighted by Gasteiger charge is 2.20. The van der Waals surface area contributed by atoms with Gasteiger partial charge in [0.15, 0.2) is 5.78 Å². The molecular weight excluding hydrogens is 352 g/mol. The molecule has 3 rings (SSSR count). The molecule has 4 N–H and O–H groups in total. The van der Waals surface area contributed by atoms with Gasteiger partial charge >= 0.3 is 5.63 Å². The molecule has 1 aromatic heterocycles. The molecule has 0 aliphatic rings. The Morgan fingerprint density at radius 2 is 1.52 bits per heavy atom. The Morgan fingerprint density at radius 3 is 2.19 bits per heavy atom. The molecule has 0 unspecified atom stereocenters. The summed E-state index contributed by atoms with van der Waals surface area (Å²) in [6, 6.07) is 10.1. The lowest BCUT2D eigenvalue weighted by molar-refractivity contribution is 0.104. The number of allylic oxidation sites excluding steroid dienone is 1. The highest BCUT2D eigenvalue weighted by atomic mass is 16.4. The summed E-state index contributed by atoms with van der Waals surface area (Å²) in [5.74, 6) is -1.98. The largest absolute Gasteiger partial charge is 0.508 e. The third-order valence-electron chi connectivity index (χ3n) is 3.69. The smallest absolute Gasteiger partial charge is 0.339 e. The first-order valence-corrected chi connectivity index (χ1v) is 7.75. The topological polar surface area (TPSA) is 128 Å². The van der Waals surface area contributed by atoms with Crippen LogP contribution in [0.5, 0.6) is 23.0 Å². The first kappa shape index (κ1) is 17.8. The first-order valence-electron chi connectivity index (χ1n) is 7.75. The van der Waals surface area contributed by atoms with Crippen molar-refractivity contribution in [2.75, 3.05) is 0 Å². The van der Waals surface area contributed by atoms with Crippen molar-refractivity contribution < 1.29 is 29.6 Å². The van der Waals surface area contributed by atoms with Gasteiger partial charge in [-0.05, 0) is 29.8 Å². The SMILES string of the molecule is O=C(/C=C/c1ccc(O)cc1)c1cc(O)cc(O)c1-c1cc(O)cc(=O)o1. The van der Waals surface area contributed by atoms with E-state index in [2.05, 4.69) is 0 Å². The van der Waals surface area contributed by atoms with E-state index in [-0.39, 0.29) is 28.4 Å². The number of phenols is 3. The number of aromatic hydroxyl groups is 4. The average Bonchev–Trinajstić information content (AvgIpc) is 2.59. The zero-order valence-electron chi connectivity index (χ0n) is 13.8. The van der Waals surface area contributed by atoms with Crippen LogP contribution >= 0.6 is 0 Å². The summed E-state index contributed by atoms with van der Waals surface area (Å²) >= 11 is 0. The van der Waals surface area contributed by atoms with E-state index in [1.165, 1.54) is 24.3 Å².